The van der Waals surface area contributed by atoms with E-state index >= 15 is 0 Å². The molecule has 3 fully saturated rings. The average molecular weight is 244 g/mol. The Hall–Kier alpha value is -0.280. The number of hydrogen-bond acceptors (Lipinski definition) is 2. The van der Waals surface area contributed by atoms with Crippen molar-refractivity contribution in [2.24, 2.45) is 17.8 Å². The Morgan fingerprint density at radius 1 is 1.38 bits per heavy atom. The molecule has 3 unspecified atom stereocenters. The molecule has 3 rings (SSSR count). The molecule has 0 radical (unpaired) electrons. The van der Waals surface area contributed by atoms with Gasteiger partial charge in [-0.25, -0.2) is 0 Å². The standard InChI is InChI=1S/C12H18ClNO2/c13-6-8-7-16-5-4-14(8)12(15)11-9-2-1-3-10(9)11/h8-11H,1-7H2. The minimum Gasteiger partial charge on any atom is -0.377 e. The molecule has 3 nitrogen and oxygen atoms in total. The fourth-order valence-corrected chi connectivity index (χ4v) is 3.71. The Morgan fingerprint density at radius 3 is 2.81 bits per heavy atom. The smallest absolute Gasteiger partial charge is 0.226 e. The van der Waals surface area contributed by atoms with Gasteiger partial charge in [0, 0.05) is 18.3 Å². The Balaban J connectivity index is 1.65. The predicted octanol–water partition coefficient (Wildman–Crippen LogP) is 1.50. The molecule has 2 aliphatic carbocycles. The average Bonchev–Trinajstić information content (AvgIpc) is 2.81. The zero-order valence-electron chi connectivity index (χ0n) is 9.40. The maximum Gasteiger partial charge on any atom is 0.226 e. The second-order valence-electron chi connectivity index (χ2n) is 5.20. The van der Waals surface area contributed by atoms with Gasteiger partial charge in [0.05, 0.1) is 19.3 Å². The molecule has 16 heavy (non-hydrogen) atoms. The largest absolute Gasteiger partial charge is 0.377 e. The van der Waals surface area contributed by atoms with Crippen LogP contribution in [0, 0.1) is 17.8 Å². The molecule has 0 aromatic heterocycles. The molecule has 3 aliphatic rings. The van der Waals surface area contributed by atoms with Gasteiger partial charge in [-0.1, -0.05) is 6.42 Å². The van der Waals surface area contributed by atoms with Gasteiger partial charge in [-0.15, -0.1) is 11.6 Å². The van der Waals surface area contributed by atoms with Crippen molar-refractivity contribution >= 4 is 17.5 Å². The van der Waals surface area contributed by atoms with Crippen LogP contribution in [0.15, 0.2) is 0 Å². The highest BCUT2D eigenvalue weighted by atomic mass is 35.5. The Labute approximate surface area is 101 Å². The first-order chi connectivity index (χ1) is 7.83. The summed E-state index contributed by atoms with van der Waals surface area (Å²) in [6, 6.07) is 0.101. The maximum atomic E-state index is 12.4. The highest BCUT2D eigenvalue weighted by Gasteiger charge is 2.58. The van der Waals surface area contributed by atoms with Gasteiger partial charge in [-0.3, -0.25) is 4.79 Å². The molecule has 1 heterocycles. The van der Waals surface area contributed by atoms with Crippen molar-refractivity contribution in [3.05, 3.63) is 0 Å². The van der Waals surface area contributed by atoms with Crippen molar-refractivity contribution in [1.29, 1.82) is 0 Å². The number of halogens is 1. The topological polar surface area (TPSA) is 29.5 Å². The molecule has 3 atom stereocenters. The highest BCUT2D eigenvalue weighted by Crippen LogP contribution is 2.58. The third kappa shape index (κ3) is 1.65. The summed E-state index contributed by atoms with van der Waals surface area (Å²) in [6.07, 6.45) is 3.84. The number of alkyl halides is 1. The summed E-state index contributed by atoms with van der Waals surface area (Å²) in [5.41, 5.74) is 0. The van der Waals surface area contributed by atoms with Gasteiger partial charge in [0.25, 0.3) is 0 Å². The van der Waals surface area contributed by atoms with Crippen LogP contribution in [0.1, 0.15) is 19.3 Å². The van der Waals surface area contributed by atoms with E-state index in [0.717, 1.165) is 6.54 Å². The van der Waals surface area contributed by atoms with Gasteiger partial charge in [-0.05, 0) is 24.7 Å². The Morgan fingerprint density at radius 2 is 2.12 bits per heavy atom. The number of ether oxygens (including phenoxy) is 1. The van der Waals surface area contributed by atoms with Crippen molar-refractivity contribution < 1.29 is 9.53 Å². The van der Waals surface area contributed by atoms with Crippen LogP contribution in [0.5, 0.6) is 0 Å². The Bertz CT molecular complexity index is 287. The van der Waals surface area contributed by atoms with Crippen LogP contribution in [0.4, 0.5) is 0 Å². The molecule has 0 N–H and O–H groups in total. The number of nitrogens with zero attached hydrogens (tertiary/aromatic N) is 1. The number of carbonyl (C=O) groups is 1. The normalized spacial score (nSPS) is 41.9. The van der Waals surface area contributed by atoms with E-state index in [1.165, 1.54) is 19.3 Å². The van der Waals surface area contributed by atoms with E-state index in [1.807, 2.05) is 4.90 Å². The maximum absolute atomic E-state index is 12.4. The molecule has 1 amide bonds. The Kier molecular flexibility index (Phi) is 2.84. The zero-order valence-corrected chi connectivity index (χ0v) is 10.2. The first-order valence-electron chi connectivity index (χ1n) is 6.27. The lowest BCUT2D eigenvalue weighted by molar-refractivity contribution is -0.141. The number of fused-ring (bicyclic) bond motifs is 1. The number of hydrogen-bond donors (Lipinski definition) is 0. The van der Waals surface area contributed by atoms with E-state index in [-0.39, 0.29) is 6.04 Å². The van der Waals surface area contributed by atoms with Gasteiger partial charge < -0.3 is 9.64 Å². The molecule has 1 aliphatic heterocycles. The van der Waals surface area contributed by atoms with Crippen LogP contribution in [0.3, 0.4) is 0 Å². The van der Waals surface area contributed by atoms with Gasteiger partial charge in [0.15, 0.2) is 0 Å². The molecule has 4 heteroatoms. The lowest BCUT2D eigenvalue weighted by Crippen LogP contribution is -2.50. The first kappa shape index (κ1) is 10.8. The van der Waals surface area contributed by atoms with Gasteiger partial charge in [0.2, 0.25) is 5.91 Å². The first-order valence-corrected chi connectivity index (χ1v) is 6.80. The number of rotatable bonds is 2. The van der Waals surface area contributed by atoms with Crippen LogP contribution in [0.25, 0.3) is 0 Å². The summed E-state index contributed by atoms with van der Waals surface area (Å²) in [7, 11) is 0. The highest BCUT2D eigenvalue weighted by molar-refractivity contribution is 6.18. The van der Waals surface area contributed by atoms with E-state index in [4.69, 9.17) is 16.3 Å². The van der Waals surface area contributed by atoms with Crippen LogP contribution >= 0.6 is 11.6 Å². The van der Waals surface area contributed by atoms with Crippen molar-refractivity contribution in [1.82, 2.24) is 4.90 Å². The van der Waals surface area contributed by atoms with Gasteiger partial charge in [-0.2, -0.15) is 0 Å². The molecular weight excluding hydrogens is 226 g/mol. The fourth-order valence-electron chi connectivity index (χ4n) is 3.45. The second-order valence-corrected chi connectivity index (χ2v) is 5.51. The summed E-state index contributed by atoms with van der Waals surface area (Å²) in [5, 5.41) is 0. The fraction of sp³-hybridized carbons (Fsp3) is 0.917. The number of morpholine rings is 1. The monoisotopic (exact) mass is 243 g/mol. The quantitative estimate of drug-likeness (QED) is 0.688. The van der Waals surface area contributed by atoms with Crippen LogP contribution in [0.2, 0.25) is 0 Å². The minimum absolute atomic E-state index is 0.101. The van der Waals surface area contributed by atoms with Crippen LogP contribution in [-0.2, 0) is 9.53 Å². The molecule has 0 bridgehead atoms. The molecular formula is C12H18ClNO2. The summed E-state index contributed by atoms with van der Waals surface area (Å²) in [5.74, 6) is 2.58. The van der Waals surface area contributed by atoms with E-state index in [1.54, 1.807) is 0 Å². The lowest BCUT2D eigenvalue weighted by Gasteiger charge is -2.35. The molecule has 0 spiro atoms. The van der Waals surface area contributed by atoms with E-state index in [9.17, 15) is 4.79 Å². The number of carbonyl (C=O) groups excluding carboxylic acids is 1. The third-order valence-corrected chi connectivity index (χ3v) is 4.74. The molecule has 0 aromatic rings. The summed E-state index contributed by atoms with van der Waals surface area (Å²) < 4.78 is 5.37. The summed E-state index contributed by atoms with van der Waals surface area (Å²) in [4.78, 5) is 14.3. The molecule has 0 aromatic carbocycles. The zero-order chi connectivity index (χ0) is 11.1. The minimum atomic E-state index is 0.101. The van der Waals surface area contributed by atoms with Crippen molar-refractivity contribution in [3.63, 3.8) is 0 Å². The third-order valence-electron chi connectivity index (χ3n) is 4.38. The van der Waals surface area contributed by atoms with E-state index in [2.05, 4.69) is 0 Å². The molecule has 2 saturated carbocycles. The molecule has 90 valence electrons. The summed E-state index contributed by atoms with van der Waals surface area (Å²) in [6.45, 7) is 2.00. The molecule has 1 saturated heterocycles. The number of amides is 1. The summed E-state index contributed by atoms with van der Waals surface area (Å²) >= 11 is 5.89. The van der Waals surface area contributed by atoms with E-state index in [0.29, 0.717) is 42.8 Å². The SMILES string of the molecule is O=C(C1C2CCCC21)N1CCOCC1CCl. The van der Waals surface area contributed by atoms with Crippen molar-refractivity contribution in [2.45, 2.75) is 25.3 Å². The second kappa shape index (κ2) is 4.19. The van der Waals surface area contributed by atoms with Crippen LogP contribution in [-0.4, -0.2) is 42.5 Å². The van der Waals surface area contributed by atoms with Crippen LogP contribution < -0.4 is 0 Å². The van der Waals surface area contributed by atoms with Crippen molar-refractivity contribution in [2.75, 3.05) is 25.6 Å². The van der Waals surface area contributed by atoms with Crippen molar-refractivity contribution in [3.8, 4) is 0 Å². The van der Waals surface area contributed by atoms with E-state index < -0.39 is 0 Å². The lowest BCUT2D eigenvalue weighted by atomic mass is 10.1. The predicted molar refractivity (Wildman–Crippen MR) is 61.4 cm³/mol. The van der Waals surface area contributed by atoms with Gasteiger partial charge >= 0.3 is 0 Å². The van der Waals surface area contributed by atoms with Gasteiger partial charge in [0.1, 0.15) is 0 Å².